The van der Waals surface area contributed by atoms with Crippen LogP contribution >= 0.6 is 15.9 Å². The van der Waals surface area contributed by atoms with Gasteiger partial charge in [-0.2, -0.15) is 0 Å². The molecule has 0 radical (unpaired) electrons. The molecule has 0 aliphatic rings. The predicted molar refractivity (Wildman–Crippen MR) is 80.1 cm³/mol. The van der Waals surface area contributed by atoms with Crippen molar-refractivity contribution in [3.63, 3.8) is 0 Å². The monoisotopic (exact) mass is 338 g/mol. The maximum Gasteiger partial charge on any atom is 0.217 e. The first kappa shape index (κ1) is 14.9. The molecule has 0 aliphatic heterocycles. The third-order valence-corrected chi connectivity index (χ3v) is 3.76. The lowest BCUT2D eigenvalue weighted by atomic mass is 10.1. The number of halogens is 2. The Labute approximate surface area is 126 Å². The third kappa shape index (κ3) is 3.55. The number of nitrogens with zero attached hydrogens (tertiary/aromatic N) is 1. The van der Waals surface area contributed by atoms with Gasteiger partial charge in [-0.05, 0) is 30.7 Å². The molecule has 2 rings (SSSR count). The summed E-state index contributed by atoms with van der Waals surface area (Å²) in [5.41, 5.74) is 1.99. The number of rotatable bonds is 5. The average molecular weight is 339 g/mol. The van der Waals surface area contributed by atoms with Crippen LogP contribution in [0, 0.1) is 5.82 Å². The fourth-order valence-electron chi connectivity index (χ4n) is 1.97. The van der Waals surface area contributed by atoms with E-state index >= 15 is 0 Å². The number of hydrogen-bond acceptors (Lipinski definition) is 3. The van der Waals surface area contributed by atoms with E-state index < -0.39 is 0 Å². The topological polar surface area (TPSA) is 34.1 Å². The Morgan fingerprint density at radius 2 is 2.20 bits per heavy atom. The highest BCUT2D eigenvalue weighted by Crippen LogP contribution is 2.25. The van der Waals surface area contributed by atoms with Gasteiger partial charge in [0, 0.05) is 28.8 Å². The van der Waals surface area contributed by atoms with Crippen LogP contribution in [0.2, 0.25) is 0 Å². The predicted octanol–water partition coefficient (Wildman–Crippen LogP) is 3.84. The maximum atomic E-state index is 13.1. The first-order valence-electron chi connectivity index (χ1n) is 6.28. The molecule has 2 aromatic rings. The second kappa shape index (κ2) is 6.81. The molecule has 1 aromatic carbocycles. The van der Waals surface area contributed by atoms with Gasteiger partial charge in [0.15, 0.2) is 0 Å². The number of nitrogens with one attached hydrogen (secondary N) is 1. The Kier molecular flexibility index (Phi) is 5.09. The second-order valence-electron chi connectivity index (χ2n) is 4.44. The van der Waals surface area contributed by atoms with Gasteiger partial charge in [0.2, 0.25) is 5.88 Å². The van der Waals surface area contributed by atoms with Gasteiger partial charge in [-0.15, -0.1) is 0 Å². The van der Waals surface area contributed by atoms with Gasteiger partial charge in [-0.3, -0.25) is 0 Å². The van der Waals surface area contributed by atoms with Crippen LogP contribution in [0.4, 0.5) is 4.39 Å². The first-order valence-corrected chi connectivity index (χ1v) is 7.07. The van der Waals surface area contributed by atoms with E-state index in [1.165, 1.54) is 12.1 Å². The van der Waals surface area contributed by atoms with Crippen molar-refractivity contribution in [2.45, 2.75) is 19.5 Å². The van der Waals surface area contributed by atoms with E-state index in [2.05, 4.69) is 26.2 Å². The van der Waals surface area contributed by atoms with Crippen LogP contribution in [0.3, 0.4) is 0 Å². The Balaban J connectivity index is 2.06. The standard InChI is InChI=1S/C15H16BrFN2O/c1-10(13-6-5-12(17)8-14(13)16)19-9-11-4-3-7-18-15(11)20-2/h3-8,10,19H,9H2,1-2H3. The van der Waals surface area contributed by atoms with Crippen LogP contribution in [0.15, 0.2) is 41.0 Å². The van der Waals surface area contributed by atoms with Crippen LogP contribution in [0.5, 0.6) is 5.88 Å². The maximum absolute atomic E-state index is 13.1. The van der Waals surface area contributed by atoms with Crippen molar-refractivity contribution in [3.05, 3.63) is 57.9 Å². The Bertz CT molecular complexity index is 592. The number of pyridine rings is 1. The number of ether oxygens (including phenoxy) is 1. The van der Waals surface area contributed by atoms with Gasteiger partial charge in [-0.1, -0.05) is 28.1 Å². The van der Waals surface area contributed by atoms with Crippen molar-refractivity contribution < 1.29 is 9.13 Å². The average Bonchev–Trinajstić information content (AvgIpc) is 2.45. The lowest BCUT2D eigenvalue weighted by molar-refractivity contribution is 0.389. The highest BCUT2D eigenvalue weighted by molar-refractivity contribution is 9.10. The summed E-state index contributed by atoms with van der Waals surface area (Å²) in [6, 6.07) is 8.62. The van der Waals surface area contributed by atoms with Crippen LogP contribution in [-0.4, -0.2) is 12.1 Å². The van der Waals surface area contributed by atoms with Gasteiger partial charge < -0.3 is 10.1 Å². The van der Waals surface area contributed by atoms with Crippen molar-refractivity contribution in [3.8, 4) is 5.88 Å². The number of aromatic nitrogens is 1. The highest BCUT2D eigenvalue weighted by atomic mass is 79.9. The van der Waals surface area contributed by atoms with Gasteiger partial charge in [0.05, 0.1) is 7.11 Å². The Morgan fingerprint density at radius 1 is 1.40 bits per heavy atom. The molecule has 0 amide bonds. The van der Waals surface area contributed by atoms with Gasteiger partial charge in [-0.25, -0.2) is 9.37 Å². The number of hydrogen-bond donors (Lipinski definition) is 1. The minimum absolute atomic E-state index is 0.0786. The van der Waals surface area contributed by atoms with E-state index in [0.717, 1.165) is 15.6 Å². The zero-order valence-electron chi connectivity index (χ0n) is 11.4. The molecule has 1 heterocycles. The summed E-state index contributed by atoms with van der Waals surface area (Å²) < 4.78 is 19.1. The van der Waals surface area contributed by atoms with E-state index in [1.807, 2.05) is 19.1 Å². The molecule has 106 valence electrons. The summed E-state index contributed by atoms with van der Waals surface area (Å²) in [5.74, 6) is 0.368. The molecule has 0 aliphatic carbocycles. The fourth-order valence-corrected chi connectivity index (χ4v) is 2.66. The molecule has 0 saturated carbocycles. The molecule has 1 N–H and O–H groups in total. The molecule has 0 saturated heterocycles. The van der Waals surface area contributed by atoms with E-state index in [4.69, 9.17) is 4.74 Å². The third-order valence-electron chi connectivity index (χ3n) is 3.07. The molecule has 1 atom stereocenters. The zero-order chi connectivity index (χ0) is 14.5. The Morgan fingerprint density at radius 3 is 2.90 bits per heavy atom. The van der Waals surface area contributed by atoms with Crippen LogP contribution < -0.4 is 10.1 Å². The van der Waals surface area contributed by atoms with Crippen LogP contribution in [0.25, 0.3) is 0 Å². The van der Waals surface area contributed by atoms with Crippen molar-refractivity contribution in [1.82, 2.24) is 10.3 Å². The minimum Gasteiger partial charge on any atom is -0.481 e. The quantitative estimate of drug-likeness (QED) is 0.899. The Hall–Kier alpha value is -1.46. The van der Waals surface area contributed by atoms with Gasteiger partial charge in [0.25, 0.3) is 0 Å². The zero-order valence-corrected chi connectivity index (χ0v) is 12.9. The van der Waals surface area contributed by atoms with Gasteiger partial charge >= 0.3 is 0 Å². The van der Waals surface area contributed by atoms with E-state index in [1.54, 1.807) is 19.4 Å². The van der Waals surface area contributed by atoms with E-state index in [-0.39, 0.29) is 11.9 Å². The summed E-state index contributed by atoms with van der Waals surface area (Å²) in [6.45, 7) is 2.66. The SMILES string of the molecule is COc1ncccc1CNC(C)c1ccc(F)cc1Br. The summed E-state index contributed by atoms with van der Waals surface area (Å²) >= 11 is 3.39. The number of methoxy groups -OCH3 is 1. The minimum atomic E-state index is -0.248. The normalized spacial score (nSPS) is 12.2. The molecule has 20 heavy (non-hydrogen) atoms. The molecule has 1 aromatic heterocycles. The van der Waals surface area contributed by atoms with E-state index in [0.29, 0.717) is 12.4 Å². The molecule has 0 spiro atoms. The molecular formula is C15H16BrFN2O. The van der Waals surface area contributed by atoms with Crippen molar-refractivity contribution in [2.24, 2.45) is 0 Å². The molecule has 3 nitrogen and oxygen atoms in total. The summed E-state index contributed by atoms with van der Waals surface area (Å²) in [4.78, 5) is 4.16. The van der Waals surface area contributed by atoms with Crippen molar-refractivity contribution >= 4 is 15.9 Å². The van der Waals surface area contributed by atoms with Gasteiger partial charge in [0.1, 0.15) is 5.82 Å². The molecular weight excluding hydrogens is 323 g/mol. The number of benzene rings is 1. The molecule has 0 fully saturated rings. The van der Waals surface area contributed by atoms with E-state index in [9.17, 15) is 4.39 Å². The molecule has 0 bridgehead atoms. The van der Waals surface area contributed by atoms with Crippen LogP contribution in [-0.2, 0) is 6.54 Å². The molecule has 5 heteroatoms. The molecule has 1 unspecified atom stereocenters. The lowest BCUT2D eigenvalue weighted by Gasteiger charge is -2.16. The summed E-state index contributed by atoms with van der Waals surface area (Å²) in [7, 11) is 1.60. The lowest BCUT2D eigenvalue weighted by Crippen LogP contribution is -2.19. The second-order valence-corrected chi connectivity index (χ2v) is 5.29. The van der Waals surface area contributed by atoms with Crippen LogP contribution in [0.1, 0.15) is 24.1 Å². The first-order chi connectivity index (χ1) is 9.61. The largest absolute Gasteiger partial charge is 0.481 e. The van der Waals surface area contributed by atoms with Crippen molar-refractivity contribution in [2.75, 3.05) is 7.11 Å². The van der Waals surface area contributed by atoms with Crippen molar-refractivity contribution in [1.29, 1.82) is 0 Å². The smallest absolute Gasteiger partial charge is 0.217 e. The summed E-state index contributed by atoms with van der Waals surface area (Å²) in [5, 5.41) is 3.38. The fraction of sp³-hybridized carbons (Fsp3) is 0.267. The summed E-state index contributed by atoms with van der Waals surface area (Å²) in [6.07, 6.45) is 1.70. The highest BCUT2D eigenvalue weighted by Gasteiger charge is 2.11.